The summed E-state index contributed by atoms with van der Waals surface area (Å²) in [5, 5.41) is 0. The van der Waals surface area contributed by atoms with Crippen LogP contribution in [0.25, 0.3) is 0 Å². The summed E-state index contributed by atoms with van der Waals surface area (Å²) in [6.07, 6.45) is 0.263. The molecule has 4 nitrogen and oxygen atoms in total. The van der Waals surface area contributed by atoms with Crippen LogP contribution in [-0.2, 0) is 4.74 Å². The number of nitrogens with zero attached hydrogens (tertiary/aromatic N) is 1. The predicted octanol–water partition coefficient (Wildman–Crippen LogP) is 1.80. The van der Waals surface area contributed by atoms with Gasteiger partial charge in [-0.3, -0.25) is 4.90 Å². The monoisotopic (exact) mass is 264 g/mol. The second-order valence-corrected chi connectivity index (χ2v) is 5.31. The fourth-order valence-electron chi connectivity index (χ4n) is 2.54. The molecule has 1 aromatic carbocycles. The molecule has 1 heterocycles. The summed E-state index contributed by atoms with van der Waals surface area (Å²) < 4.78 is 11.4. The molecule has 1 aliphatic heterocycles. The average Bonchev–Trinajstić information content (AvgIpc) is 2.39. The third-order valence-corrected chi connectivity index (χ3v) is 3.43. The van der Waals surface area contributed by atoms with Crippen LogP contribution in [0.3, 0.4) is 0 Å². The topological polar surface area (TPSA) is 47.7 Å². The van der Waals surface area contributed by atoms with Gasteiger partial charge in [-0.05, 0) is 38.6 Å². The van der Waals surface area contributed by atoms with Gasteiger partial charge in [-0.2, -0.15) is 0 Å². The van der Waals surface area contributed by atoms with Crippen LogP contribution < -0.4 is 10.5 Å². The van der Waals surface area contributed by atoms with Gasteiger partial charge in [0.15, 0.2) is 0 Å². The molecule has 0 spiro atoms. The van der Waals surface area contributed by atoms with Crippen molar-refractivity contribution < 1.29 is 9.47 Å². The molecule has 1 saturated heterocycles. The molecule has 2 unspecified atom stereocenters. The number of benzene rings is 1. The Hall–Kier alpha value is -1.10. The van der Waals surface area contributed by atoms with Gasteiger partial charge in [0.05, 0.1) is 24.9 Å². The number of morpholine rings is 1. The molecule has 1 aliphatic rings. The van der Waals surface area contributed by atoms with Gasteiger partial charge in [0.1, 0.15) is 5.75 Å². The second-order valence-electron chi connectivity index (χ2n) is 5.31. The van der Waals surface area contributed by atoms with Crippen molar-refractivity contribution in [2.75, 3.05) is 26.7 Å². The first kappa shape index (κ1) is 14.3. The lowest BCUT2D eigenvalue weighted by Crippen LogP contribution is -2.46. The summed E-state index contributed by atoms with van der Waals surface area (Å²) in [7, 11) is 2.12. The molecule has 0 bridgehead atoms. The number of ether oxygens (including phenoxy) is 2. The van der Waals surface area contributed by atoms with Crippen LogP contribution >= 0.6 is 0 Å². The first-order chi connectivity index (χ1) is 9.11. The molecule has 106 valence electrons. The van der Waals surface area contributed by atoms with Crippen LogP contribution in [0.1, 0.15) is 25.5 Å². The maximum Gasteiger partial charge on any atom is 0.119 e. The smallest absolute Gasteiger partial charge is 0.119 e. The van der Waals surface area contributed by atoms with Crippen molar-refractivity contribution >= 4 is 0 Å². The van der Waals surface area contributed by atoms with E-state index in [0.717, 1.165) is 18.9 Å². The molecular weight excluding hydrogens is 240 g/mol. The maximum atomic E-state index is 5.81. The summed E-state index contributed by atoms with van der Waals surface area (Å²) in [6.45, 7) is 6.29. The quantitative estimate of drug-likeness (QED) is 0.901. The summed E-state index contributed by atoms with van der Waals surface area (Å²) >= 11 is 0. The minimum absolute atomic E-state index is 0.0654. The molecule has 0 amide bonds. The highest BCUT2D eigenvalue weighted by Gasteiger charge is 2.30. The number of hydrogen-bond donors (Lipinski definition) is 1. The van der Waals surface area contributed by atoms with Crippen LogP contribution in [0.5, 0.6) is 5.75 Å². The predicted molar refractivity (Wildman–Crippen MR) is 76.4 cm³/mol. The number of nitrogens with two attached hydrogens (primary N) is 1. The SMILES string of the molecule is CC(C)Oc1ccc(C2C(CN)OCCN2C)cc1. The van der Waals surface area contributed by atoms with Gasteiger partial charge in [-0.1, -0.05) is 12.1 Å². The van der Waals surface area contributed by atoms with E-state index in [0.29, 0.717) is 6.54 Å². The van der Waals surface area contributed by atoms with Gasteiger partial charge in [-0.25, -0.2) is 0 Å². The summed E-state index contributed by atoms with van der Waals surface area (Å²) in [6, 6.07) is 8.48. The van der Waals surface area contributed by atoms with Crippen molar-refractivity contribution in [2.24, 2.45) is 5.73 Å². The minimum atomic E-state index is 0.0654. The van der Waals surface area contributed by atoms with Crippen LogP contribution in [-0.4, -0.2) is 43.9 Å². The molecule has 0 saturated carbocycles. The first-order valence-electron chi connectivity index (χ1n) is 6.90. The first-order valence-corrected chi connectivity index (χ1v) is 6.90. The standard InChI is InChI=1S/C15H24N2O2/c1-11(2)19-13-6-4-12(5-7-13)15-14(10-16)18-9-8-17(15)3/h4-7,11,14-15H,8-10,16H2,1-3H3. The number of hydrogen-bond acceptors (Lipinski definition) is 4. The normalized spacial score (nSPS) is 24.7. The average molecular weight is 264 g/mol. The molecule has 2 rings (SSSR count). The molecule has 0 aromatic heterocycles. The number of rotatable bonds is 4. The third-order valence-electron chi connectivity index (χ3n) is 3.43. The van der Waals surface area contributed by atoms with Crippen LogP contribution in [0.4, 0.5) is 0 Å². The van der Waals surface area contributed by atoms with Gasteiger partial charge < -0.3 is 15.2 Å². The molecule has 2 atom stereocenters. The van der Waals surface area contributed by atoms with Crippen molar-refractivity contribution in [2.45, 2.75) is 32.1 Å². The zero-order valence-electron chi connectivity index (χ0n) is 12.0. The maximum absolute atomic E-state index is 5.81. The fourth-order valence-corrected chi connectivity index (χ4v) is 2.54. The van der Waals surface area contributed by atoms with E-state index in [1.54, 1.807) is 0 Å². The van der Waals surface area contributed by atoms with Crippen molar-refractivity contribution in [3.05, 3.63) is 29.8 Å². The number of likely N-dealkylation sites (N-methyl/N-ethyl adjacent to an activating group) is 1. The van der Waals surface area contributed by atoms with Crippen LogP contribution in [0.15, 0.2) is 24.3 Å². The zero-order chi connectivity index (χ0) is 13.8. The van der Waals surface area contributed by atoms with Crippen LogP contribution in [0.2, 0.25) is 0 Å². The largest absolute Gasteiger partial charge is 0.491 e. The van der Waals surface area contributed by atoms with Gasteiger partial charge in [0, 0.05) is 13.1 Å². The van der Waals surface area contributed by atoms with E-state index >= 15 is 0 Å². The van der Waals surface area contributed by atoms with Crippen molar-refractivity contribution in [3.8, 4) is 5.75 Å². The van der Waals surface area contributed by atoms with Gasteiger partial charge in [-0.15, -0.1) is 0 Å². The van der Waals surface area contributed by atoms with Gasteiger partial charge in [0.25, 0.3) is 0 Å². The Morgan fingerprint density at radius 2 is 2.05 bits per heavy atom. The van der Waals surface area contributed by atoms with Gasteiger partial charge >= 0.3 is 0 Å². The molecule has 1 aromatic rings. The summed E-state index contributed by atoms with van der Waals surface area (Å²) in [4.78, 5) is 2.30. The highest BCUT2D eigenvalue weighted by atomic mass is 16.5. The Bertz CT molecular complexity index is 392. The lowest BCUT2D eigenvalue weighted by atomic mass is 9.98. The molecule has 19 heavy (non-hydrogen) atoms. The van der Waals surface area contributed by atoms with Crippen LogP contribution in [0, 0.1) is 0 Å². The molecular formula is C15H24N2O2. The van der Waals surface area contributed by atoms with E-state index in [9.17, 15) is 0 Å². The molecule has 0 radical (unpaired) electrons. The Morgan fingerprint density at radius 1 is 1.37 bits per heavy atom. The highest BCUT2D eigenvalue weighted by Crippen LogP contribution is 2.29. The van der Waals surface area contributed by atoms with E-state index in [2.05, 4.69) is 24.1 Å². The molecule has 2 N–H and O–H groups in total. The Balaban J connectivity index is 2.15. The lowest BCUT2D eigenvalue weighted by molar-refractivity contribution is -0.0576. The fraction of sp³-hybridized carbons (Fsp3) is 0.600. The molecule has 0 aliphatic carbocycles. The zero-order valence-corrected chi connectivity index (χ0v) is 12.0. The van der Waals surface area contributed by atoms with E-state index in [4.69, 9.17) is 15.2 Å². The molecule has 1 fully saturated rings. The van der Waals surface area contributed by atoms with E-state index in [1.807, 2.05) is 26.0 Å². The summed E-state index contributed by atoms with van der Waals surface area (Å²) in [5.74, 6) is 0.905. The summed E-state index contributed by atoms with van der Waals surface area (Å²) in [5.41, 5.74) is 7.04. The van der Waals surface area contributed by atoms with E-state index in [-0.39, 0.29) is 18.2 Å². The third kappa shape index (κ3) is 3.47. The van der Waals surface area contributed by atoms with Gasteiger partial charge in [0.2, 0.25) is 0 Å². The lowest BCUT2D eigenvalue weighted by Gasteiger charge is -2.39. The van der Waals surface area contributed by atoms with Crippen molar-refractivity contribution in [3.63, 3.8) is 0 Å². The second kappa shape index (κ2) is 6.37. The van der Waals surface area contributed by atoms with E-state index < -0.39 is 0 Å². The Morgan fingerprint density at radius 3 is 2.63 bits per heavy atom. The van der Waals surface area contributed by atoms with Crippen molar-refractivity contribution in [1.82, 2.24) is 4.90 Å². The Labute approximate surface area is 115 Å². The van der Waals surface area contributed by atoms with Crippen molar-refractivity contribution in [1.29, 1.82) is 0 Å². The minimum Gasteiger partial charge on any atom is -0.491 e. The van der Waals surface area contributed by atoms with E-state index in [1.165, 1.54) is 5.56 Å². The molecule has 4 heteroatoms. The Kier molecular flexibility index (Phi) is 4.80. The highest BCUT2D eigenvalue weighted by molar-refractivity contribution is 5.30.